The maximum absolute atomic E-state index is 11.3. The molecule has 0 aromatic carbocycles. The van der Waals surface area contributed by atoms with Crippen LogP contribution in [0.3, 0.4) is 0 Å². The van der Waals surface area contributed by atoms with Crippen LogP contribution >= 0.6 is 0 Å². The number of hydrogen-bond acceptors (Lipinski definition) is 2. The Balaban J connectivity index is 1.97. The van der Waals surface area contributed by atoms with Crippen LogP contribution in [0, 0.1) is 5.92 Å². The average molecular weight is 227 g/mol. The van der Waals surface area contributed by atoms with E-state index in [4.69, 9.17) is 0 Å². The van der Waals surface area contributed by atoms with E-state index >= 15 is 0 Å². The second-order valence-electron chi connectivity index (χ2n) is 4.27. The van der Waals surface area contributed by atoms with Crippen LogP contribution in [-0.4, -0.2) is 31.1 Å². The number of amides is 3. The van der Waals surface area contributed by atoms with Crippen molar-refractivity contribution in [1.82, 2.24) is 16.0 Å². The van der Waals surface area contributed by atoms with Crippen molar-refractivity contribution >= 4 is 11.9 Å². The SMILES string of the molecule is CCC(C)NC(=O)NCCNC(=O)C1CC1. The average Bonchev–Trinajstić information content (AvgIpc) is 3.07. The van der Waals surface area contributed by atoms with Gasteiger partial charge in [0.1, 0.15) is 0 Å². The highest BCUT2D eigenvalue weighted by atomic mass is 16.2. The number of hydrogen-bond donors (Lipinski definition) is 3. The molecule has 0 aromatic heterocycles. The van der Waals surface area contributed by atoms with Crippen LogP contribution in [-0.2, 0) is 4.79 Å². The topological polar surface area (TPSA) is 70.2 Å². The molecule has 1 aliphatic rings. The Kier molecular flexibility index (Phi) is 5.08. The van der Waals surface area contributed by atoms with Crippen molar-refractivity contribution < 1.29 is 9.59 Å². The number of carbonyl (C=O) groups excluding carboxylic acids is 2. The van der Waals surface area contributed by atoms with Gasteiger partial charge in [-0.15, -0.1) is 0 Å². The van der Waals surface area contributed by atoms with Gasteiger partial charge in [0.05, 0.1) is 0 Å². The molecule has 3 amide bonds. The molecule has 1 fully saturated rings. The van der Waals surface area contributed by atoms with Gasteiger partial charge in [-0.05, 0) is 26.2 Å². The maximum atomic E-state index is 11.3. The molecular formula is C11H21N3O2. The molecule has 16 heavy (non-hydrogen) atoms. The van der Waals surface area contributed by atoms with E-state index in [1.54, 1.807) is 0 Å². The predicted octanol–water partition coefficient (Wildman–Crippen LogP) is 0.610. The van der Waals surface area contributed by atoms with Gasteiger partial charge in [0, 0.05) is 25.0 Å². The lowest BCUT2D eigenvalue weighted by molar-refractivity contribution is -0.122. The highest BCUT2D eigenvalue weighted by Crippen LogP contribution is 2.28. The quantitative estimate of drug-likeness (QED) is 0.582. The summed E-state index contributed by atoms with van der Waals surface area (Å²) in [5.74, 6) is 0.345. The van der Waals surface area contributed by atoms with Crippen LogP contribution in [0.4, 0.5) is 4.79 Å². The summed E-state index contributed by atoms with van der Waals surface area (Å²) < 4.78 is 0. The second-order valence-corrected chi connectivity index (χ2v) is 4.27. The first kappa shape index (κ1) is 12.8. The Morgan fingerprint density at radius 1 is 1.25 bits per heavy atom. The minimum atomic E-state index is -0.171. The maximum Gasteiger partial charge on any atom is 0.315 e. The summed E-state index contributed by atoms with van der Waals surface area (Å²) in [7, 11) is 0. The van der Waals surface area contributed by atoms with Crippen molar-refractivity contribution in [2.45, 2.75) is 39.2 Å². The molecule has 0 spiro atoms. The summed E-state index contributed by atoms with van der Waals surface area (Å²) in [6, 6.07) is 0.0103. The molecule has 1 unspecified atom stereocenters. The van der Waals surface area contributed by atoms with Crippen LogP contribution in [0.1, 0.15) is 33.1 Å². The molecule has 1 aliphatic carbocycles. The fourth-order valence-electron chi connectivity index (χ4n) is 1.23. The molecule has 0 bridgehead atoms. The van der Waals surface area contributed by atoms with Gasteiger partial charge in [0.25, 0.3) is 0 Å². The van der Waals surface area contributed by atoms with Crippen molar-refractivity contribution in [3.05, 3.63) is 0 Å². The largest absolute Gasteiger partial charge is 0.354 e. The Hall–Kier alpha value is -1.26. The fourth-order valence-corrected chi connectivity index (χ4v) is 1.23. The lowest BCUT2D eigenvalue weighted by Gasteiger charge is -2.12. The molecule has 3 N–H and O–H groups in total. The summed E-state index contributed by atoms with van der Waals surface area (Å²) in [4.78, 5) is 22.5. The molecule has 0 radical (unpaired) electrons. The molecule has 1 saturated carbocycles. The van der Waals surface area contributed by atoms with Gasteiger partial charge in [-0.25, -0.2) is 4.79 Å². The minimum Gasteiger partial charge on any atom is -0.354 e. The third-order valence-corrected chi connectivity index (χ3v) is 2.65. The number of carbonyl (C=O) groups is 2. The van der Waals surface area contributed by atoms with Gasteiger partial charge >= 0.3 is 6.03 Å². The summed E-state index contributed by atoms with van der Waals surface area (Å²) in [6.45, 7) is 4.94. The van der Waals surface area contributed by atoms with Gasteiger partial charge in [-0.2, -0.15) is 0 Å². The Bertz CT molecular complexity index is 252. The molecule has 0 aromatic rings. The van der Waals surface area contributed by atoms with E-state index in [0.29, 0.717) is 13.1 Å². The standard InChI is InChI=1S/C11H21N3O2/c1-3-8(2)14-11(16)13-7-6-12-10(15)9-4-5-9/h8-9H,3-7H2,1-2H3,(H,12,15)(H2,13,14,16). The molecule has 1 atom stereocenters. The first-order chi connectivity index (χ1) is 7.63. The minimum absolute atomic E-state index is 0.115. The van der Waals surface area contributed by atoms with Crippen molar-refractivity contribution in [2.24, 2.45) is 5.92 Å². The van der Waals surface area contributed by atoms with Gasteiger partial charge in [-0.3, -0.25) is 4.79 Å². The van der Waals surface area contributed by atoms with Gasteiger partial charge < -0.3 is 16.0 Å². The summed E-state index contributed by atoms with van der Waals surface area (Å²) in [5.41, 5.74) is 0. The van der Waals surface area contributed by atoms with E-state index in [1.807, 2.05) is 13.8 Å². The molecule has 0 heterocycles. The summed E-state index contributed by atoms with van der Waals surface area (Å²) >= 11 is 0. The van der Waals surface area contributed by atoms with E-state index in [1.165, 1.54) is 0 Å². The fraction of sp³-hybridized carbons (Fsp3) is 0.818. The molecule has 1 rings (SSSR count). The van der Waals surface area contributed by atoms with E-state index in [-0.39, 0.29) is 23.9 Å². The first-order valence-electron chi connectivity index (χ1n) is 5.95. The summed E-state index contributed by atoms with van der Waals surface area (Å²) in [5, 5.41) is 8.27. The zero-order chi connectivity index (χ0) is 12.0. The van der Waals surface area contributed by atoms with E-state index in [2.05, 4.69) is 16.0 Å². The van der Waals surface area contributed by atoms with E-state index < -0.39 is 0 Å². The summed E-state index contributed by atoms with van der Waals surface area (Å²) in [6.07, 6.45) is 2.92. The number of nitrogens with one attached hydrogen (secondary N) is 3. The van der Waals surface area contributed by atoms with Crippen LogP contribution in [0.5, 0.6) is 0 Å². The van der Waals surface area contributed by atoms with Crippen molar-refractivity contribution in [3.8, 4) is 0 Å². The number of rotatable bonds is 6. The lowest BCUT2D eigenvalue weighted by Crippen LogP contribution is -2.43. The van der Waals surface area contributed by atoms with Crippen LogP contribution in [0.2, 0.25) is 0 Å². The molecule has 0 saturated heterocycles. The van der Waals surface area contributed by atoms with Crippen molar-refractivity contribution in [2.75, 3.05) is 13.1 Å². The van der Waals surface area contributed by atoms with Crippen LogP contribution in [0.15, 0.2) is 0 Å². The molecule has 92 valence electrons. The Labute approximate surface area is 96.4 Å². The van der Waals surface area contributed by atoms with Crippen LogP contribution in [0.25, 0.3) is 0 Å². The van der Waals surface area contributed by atoms with E-state index in [9.17, 15) is 9.59 Å². The van der Waals surface area contributed by atoms with Crippen LogP contribution < -0.4 is 16.0 Å². The molecular weight excluding hydrogens is 206 g/mol. The highest BCUT2D eigenvalue weighted by molar-refractivity contribution is 5.80. The van der Waals surface area contributed by atoms with Crippen molar-refractivity contribution in [3.63, 3.8) is 0 Å². The molecule has 5 heteroatoms. The third-order valence-electron chi connectivity index (χ3n) is 2.65. The first-order valence-corrected chi connectivity index (χ1v) is 5.95. The monoisotopic (exact) mass is 227 g/mol. The third kappa shape index (κ3) is 5.00. The number of urea groups is 1. The van der Waals surface area contributed by atoms with Gasteiger partial charge in [0.2, 0.25) is 5.91 Å². The zero-order valence-electron chi connectivity index (χ0n) is 10.0. The Morgan fingerprint density at radius 2 is 1.88 bits per heavy atom. The zero-order valence-corrected chi connectivity index (χ0v) is 10.0. The lowest BCUT2D eigenvalue weighted by atomic mass is 10.3. The van der Waals surface area contributed by atoms with Gasteiger partial charge in [0.15, 0.2) is 0 Å². The highest BCUT2D eigenvalue weighted by Gasteiger charge is 2.28. The predicted molar refractivity (Wildman–Crippen MR) is 62.0 cm³/mol. The molecule has 0 aliphatic heterocycles. The van der Waals surface area contributed by atoms with Crippen molar-refractivity contribution in [1.29, 1.82) is 0 Å². The second kappa shape index (κ2) is 6.35. The molecule has 5 nitrogen and oxygen atoms in total. The van der Waals surface area contributed by atoms with E-state index in [0.717, 1.165) is 19.3 Å². The normalized spacial score (nSPS) is 16.4. The Morgan fingerprint density at radius 3 is 2.44 bits per heavy atom. The van der Waals surface area contributed by atoms with Gasteiger partial charge in [-0.1, -0.05) is 6.92 Å². The smallest absolute Gasteiger partial charge is 0.315 e.